The van der Waals surface area contributed by atoms with Gasteiger partial charge in [-0.05, 0) is 48.9 Å². The average Bonchev–Trinajstić information content (AvgIpc) is 2.63. The number of nitrogens with one attached hydrogen (secondary N) is 2. The van der Waals surface area contributed by atoms with Crippen LogP contribution >= 0.6 is 23.4 Å². The van der Waals surface area contributed by atoms with Crippen molar-refractivity contribution >= 4 is 40.9 Å². The Morgan fingerprint density at radius 3 is 2.38 bits per heavy atom. The molecule has 2 aromatic carbocycles. The Kier molecular flexibility index (Phi) is 8.31. The second-order valence-electron chi connectivity index (χ2n) is 5.43. The summed E-state index contributed by atoms with van der Waals surface area (Å²) >= 11 is 7.38. The third-order valence-corrected chi connectivity index (χ3v) is 4.55. The van der Waals surface area contributed by atoms with Crippen LogP contribution in [0.25, 0.3) is 0 Å². The van der Waals surface area contributed by atoms with Crippen LogP contribution in [-0.2, 0) is 15.3 Å². The fourth-order valence-electron chi connectivity index (χ4n) is 2.07. The van der Waals surface area contributed by atoms with Crippen LogP contribution in [-0.4, -0.2) is 30.7 Å². The maximum absolute atomic E-state index is 12.0. The van der Waals surface area contributed by atoms with E-state index in [0.29, 0.717) is 28.8 Å². The number of hydrogen-bond acceptors (Lipinski definition) is 4. The highest BCUT2D eigenvalue weighted by atomic mass is 35.5. The lowest BCUT2D eigenvalue weighted by Crippen LogP contribution is -2.28. The number of carbonyl (C=O) groups excluding carboxylic acids is 2. The molecule has 0 saturated heterocycles. The SMILES string of the molecule is CCNC(=O)COc1ccc(NC(=O)CSCc2ccc(Cl)cc2)cc1. The molecule has 2 rings (SSSR count). The van der Waals surface area contributed by atoms with Gasteiger partial charge in [0.25, 0.3) is 5.91 Å². The molecular formula is C19H21ClN2O3S. The highest BCUT2D eigenvalue weighted by Crippen LogP contribution is 2.18. The number of anilines is 1. The van der Waals surface area contributed by atoms with E-state index in [-0.39, 0.29) is 18.4 Å². The molecule has 0 spiro atoms. The van der Waals surface area contributed by atoms with Gasteiger partial charge < -0.3 is 15.4 Å². The van der Waals surface area contributed by atoms with Crippen molar-refractivity contribution in [2.75, 3.05) is 24.2 Å². The van der Waals surface area contributed by atoms with Gasteiger partial charge in [-0.1, -0.05) is 23.7 Å². The summed E-state index contributed by atoms with van der Waals surface area (Å²) in [6, 6.07) is 14.5. The van der Waals surface area contributed by atoms with Crippen LogP contribution in [0.3, 0.4) is 0 Å². The predicted octanol–water partition coefficient (Wildman–Crippen LogP) is 3.73. The van der Waals surface area contributed by atoms with Gasteiger partial charge in [0.1, 0.15) is 5.75 Å². The number of halogens is 1. The normalized spacial score (nSPS) is 10.2. The molecule has 0 saturated carbocycles. The first kappa shape index (κ1) is 20.1. The maximum atomic E-state index is 12.0. The Bertz CT molecular complexity index is 721. The summed E-state index contributed by atoms with van der Waals surface area (Å²) in [6.07, 6.45) is 0. The van der Waals surface area contributed by atoms with E-state index in [0.717, 1.165) is 11.3 Å². The number of carbonyl (C=O) groups is 2. The van der Waals surface area contributed by atoms with Crippen LogP contribution in [0.1, 0.15) is 12.5 Å². The number of benzene rings is 2. The molecule has 5 nitrogen and oxygen atoms in total. The maximum Gasteiger partial charge on any atom is 0.257 e. The number of thioether (sulfide) groups is 1. The Balaban J connectivity index is 1.71. The summed E-state index contributed by atoms with van der Waals surface area (Å²) in [6.45, 7) is 2.40. The van der Waals surface area contributed by atoms with E-state index in [1.165, 1.54) is 11.8 Å². The average molecular weight is 393 g/mol. The van der Waals surface area contributed by atoms with Crippen molar-refractivity contribution < 1.29 is 14.3 Å². The van der Waals surface area contributed by atoms with Crippen LogP contribution in [0.2, 0.25) is 5.02 Å². The lowest BCUT2D eigenvalue weighted by atomic mass is 10.2. The van der Waals surface area contributed by atoms with E-state index in [1.54, 1.807) is 24.3 Å². The molecule has 0 radical (unpaired) electrons. The van der Waals surface area contributed by atoms with E-state index >= 15 is 0 Å². The second kappa shape index (κ2) is 10.7. The zero-order valence-electron chi connectivity index (χ0n) is 14.5. The second-order valence-corrected chi connectivity index (χ2v) is 6.86. The van der Waals surface area contributed by atoms with Gasteiger partial charge in [0.15, 0.2) is 6.61 Å². The third kappa shape index (κ3) is 7.37. The minimum atomic E-state index is -0.164. The number of ether oxygens (including phenoxy) is 1. The van der Waals surface area contributed by atoms with Crippen molar-refractivity contribution in [3.05, 3.63) is 59.1 Å². The predicted molar refractivity (Wildman–Crippen MR) is 107 cm³/mol. The minimum Gasteiger partial charge on any atom is -0.484 e. The molecule has 0 aliphatic rings. The Labute approximate surface area is 162 Å². The standard InChI is InChI=1S/C19H21ClN2O3S/c1-2-21-18(23)11-25-17-9-7-16(8-10-17)22-19(24)13-26-12-14-3-5-15(20)6-4-14/h3-10H,2,11-13H2,1H3,(H,21,23)(H,22,24). The Morgan fingerprint density at radius 2 is 1.73 bits per heavy atom. The first-order chi connectivity index (χ1) is 12.6. The highest BCUT2D eigenvalue weighted by molar-refractivity contribution is 7.99. The van der Waals surface area contributed by atoms with Crippen molar-refractivity contribution in [3.63, 3.8) is 0 Å². The van der Waals surface area contributed by atoms with E-state index in [1.807, 2.05) is 31.2 Å². The quantitative estimate of drug-likeness (QED) is 0.682. The van der Waals surface area contributed by atoms with Crippen LogP contribution in [0, 0.1) is 0 Å². The summed E-state index contributed by atoms with van der Waals surface area (Å²) < 4.78 is 5.36. The Hall–Kier alpha value is -2.18. The first-order valence-electron chi connectivity index (χ1n) is 8.18. The lowest BCUT2D eigenvalue weighted by molar-refractivity contribution is -0.123. The molecule has 0 bridgehead atoms. The minimum absolute atomic E-state index is 0.0269. The lowest BCUT2D eigenvalue weighted by Gasteiger charge is -2.08. The zero-order chi connectivity index (χ0) is 18.8. The third-order valence-electron chi connectivity index (χ3n) is 3.30. The van der Waals surface area contributed by atoms with Crippen molar-refractivity contribution in [2.45, 2.75) is 12.7 Å². The zero-order valence-corrected chi connectivity index (χ0v) is 16.0. The van der Waals surface area contributed by atoms with Gasteiger partial charge in [-0.25, -0.2) is 0 Å². The summed E-state index contributed by atoms with van der Waals surface area (Å²) in [7, 11) is 0. The molecule has 0 unspecified atom stereocenters. The molecule has 138 valence electrons. The fourth-order valence-corrected chi connectivity index (χ4v) is 2.98. The molecule has 0 aliphatic heterocycles. The molecule has 2 N–H and O–H groups in total. The summed E-state index contributed by atoms with van der Waals surface area (Å²) in [5, 5.41) is 6.20. The first-order valence-corrected chi connectivity index (χ1v) is 9.71. The molecule has 26 heavy (non-hydrogen) atoms. The number of hydrogen-bond donors (Lipinski definition) is 2. The highest BCUT2D eigenvalue weighted by Gasteiger charge is 2.05. The Morgan fingerprint density at radius 1 is 1.04 bits per heavy atom. The molecule has 0 atom stereocenters. The van der Waals surface area contributed by atoms with Crippen LogP contribution in [0.5, 0.6) is 5.75 Å². The van der Waals surface area contributed by atoms with Gasteiger partial charge in [0, 0.05) is 23.0 Å². The molecule has 7 heteroatoms. The van der Waals surface area contributed by atoms with Crippen LogP contribution in [0.15, 0.2) is 48.5 Å². The summed E-state index contributed by atoms with van der Waals surface area (Å²) in [5.41, 5.74) is 1.81. The fraction of sp³-hybridized carbons (Fsp3) is 0.263. The number of likely N-dealkylation sites (N-methyl/N-ethyl adjacent to an activating group) is 1. The van der Waals surface area contributed by atoms with Crippen molar-refractivity contribution in [3.8, 4) is 5.75 Å². The van der Waals surface area contributed by atoms with E-state index in [2.05, 4.69) is 10.6 Å². The van der Waals surface area contributed by atoms with E-state index in [4.69, 9.17) is 16.3 Å². The van der Waals surface area contributed by atoms with E-state index < -0.39 is 0 Å². The number of amides is 2. The molecule has 0 aromatic heterocycles. The molecule has 0 heterocycles. The molecular weight excluding hydrogens is 372 g/mol. The van der Waals surface area contributed by atoms with Gasteiger partial charge in [-0.15, -0.1) is 11.8 Å². The van der Waals surface area contributed by atoms with Crippen molar-refractivity contribution in [1.29, 1.82) is 0 Å². The molecule has 2 aromatic rings. The van der Waals surface area contributed by atoms with E-state index in [9.17, 15) is 9.59 Å². The van der Waals surface area contributed by atoms with Crippen LogP contribution < -0.4 is 15.4 Å². The van der Waals surface area contributed by atoms with Gasteiger partial charge in [0.2, 0.25) is 5.91 Å². The van der Waals surface area contributed by atoms with Crippen LogP contribution in [0.4, 0.5) is 5.69 Å². The number of rotatable bonds is 9. The van der Waals surface area contributed by atoms with Gasteiger partial charge in [-0.3, -0.25) is 9.59 Å². The molecule has 0 fully saturated rings. The largest absolute Gasteiger partial charge is 0.484 e. The topological polar surface area (TPSA) is 67.4 Å². The smallest absolute Gasteiger partial charge is 0.257 e. The molecule has 2 amide bonds. The van der Waals surface area contributed by atoms with Gasteiger partial charge in [-0.2, -0.15) is 0 Å². The summed E-state index contributed by atoms with van der Waals surface area (Å²) in [4.78, 5) is 23.3. The summed E-state index contributed by atoms with van der Waals surface area (Å²) in [5.74, 6) is 1.45. The van der Waals surface area contributed by atoms with Crippen molar-refractivity contribution in [2.24, 2.45) is 0 Å². The monoisotopic (exact) mass is 392 g/mol. The van der Waals surface area contributed by atoms with Crippen molar-refractivity contribution in [1.82, 2.24) is 5.32 Å². The molecule has 0 aliphatic carbocycles. The van der Waals surface area contributed by atoms with Gasteiger partial charge in [0.05, 0.1) is 5.75 Å². The van der Waals surface area contributed by atoms with Gasteiger partial charge >= 0.3 is 0 Å².